The van der Waals surface area contributed by atoms with Crippen LogP contribution in [0.1, 0.15) is 38.5 Å². The molecule has 7 nitrogen and oxygen atoms in total. The summed E-state index contributed by atoms with van der Waals surface area (Å²) in [6.07, 6.45) is 9.20. The van der Waals surface area contributed by atoms with E-state index in [2.05, 4.69) is 14.9 Å². The first-order chi connectivity index (χ1) is 14.8. The molecule has 0 spiro atoms. The average molecular weight is 418 g/mol. The highest BCUT2D eigenvalue weighted by molar-refractivity contribution is 6.34. The van der Waals surface area contributed by atoms with E-state index in [0.29, 0.717) is 41.1 Å². The van der Waals surface area contributed by atoms with Gasteiger partial charge in [0.2, 0.25) is 5.78 Å². The molecule has 7 heteroatoms. The van der Waals surface area contributed by atoms with Gasteiger partial charge in [-0.05, 0) is 76.5 Å². The molecule has 0 bridgehead atoms. The Labute approximate surface area is 181 Å². The minimum absolute atomic E-state index is 0.124. The normalized spacial score (nSPS) is 17.7. The minimum Gasteiger partial charge on any atom is -0.351 e. The summed E-state index contributed by atoms with van der Waals surface area (Å²) in [4.78, 5) is 50.2. The predicted octanol–water partition coefficient (Wildman–Crippen LogP) is 2.24. The molecule has 31 heavy (non-hydrogen) atoms. The lowest BCUT2D eigenvalue weighted by molar-refractivity contribution is -0.110. The van der Waals surface area contributed by atoms with Crippen molar-refractivity contribution in [3.8, 4) is 0 Å². The van der Waals surface area contributed by atoms with Crippen molar-refractivity contribution in [1.82, 2.24) is 14.8 Å². The van der Waals surface area contributed by atoms with Gasteiger partial charge in [-0.1, -0.05) is 0 Å². The SMILES string of the molecule is CN(C)CCC1=C2C(=O)C(c3[nH]c4c(c3CCN(C)C)C(=O)C=CC4=O)=CC=C2N=C1. The molecule has 1 aromatic heterocycles. The van der Waals surface area contributed by atoms with Crippen molar-refractivity contribution in [2.45, 2.75) is 12.8 Å². The lowest BCUT2D eigenvalue weighted by atomic mass is 9.87. The van der Waals surface area contributed by atoms with E-state index < -0.39 is 0 Å². The minimum atomic E-state index is -0.248. The van der Waals surface area contributed by atoms with Gasteiger partial charge in [-0.15, -0.1) is 0 Å². The van der Waals surface area contributed by atoms with Crippen LogP contribution in [0, 0.1) is 0 Å². The number of hydrogen-bond donors (Lipinski definition) is 1. The molecule has 0 saturated heterocycles. The fraction of sp³-hybridized carbons (Fsp3) is 0.333. The molecular weight excluding hydrogens is 392 g/mol. The summed E-state index contributed by atoms with van der Waals surface area (Å²) >= 11 is 0. The molecule has 4 rings (SSSR count). The first kappa shape index (κ1) is 21.1. The number of carbonyl (C=O) groups excluding carboxylic acids is 3. The molecule has 0 radical (unpaired) electrons. The number of fused-ring (bicyclic) bond motifs is 2. The second-order valence-electron chi connectivity index (χ2n) is 8.52. The van der Waals surface area contributed by atoms with Crippen molar-refractivity contribution in [3.05, 3.63) is 63.7 Å². The zero-order valence-electron chi connectivity index (χ0n) is 18.3. The summed E-state index contributed by atoms with van der Waals surface area (Å²) in [6.45, 7) is 1.49. The molecular formula is C24H26N4O3. The third-order valence-electron chi connectivity index (χ3n) is 5.71. The summed E-state index contributed by atoms with van der Waals surface area (Å²) in [7, 11) is 7.88. The van der Waals surface area contributed by atoms with Crippen LogP contribution in [-0.2, 0) is 11.2 Å². The Hall–Kier alpha value is -3.16. The third-order valence-corrected chi connectivity index (χ3v) is 5.71. The number of aliphatic imine (C=N–C) groups is 1. The molecule has 3 aliphatic rings. The van der Waals surface area contributed by atoms with Crippen LogP contribution in [0.4, 0.5) is 0 Å². The quantitative estimate of drug-likeness (QED) is 0.734. The van der Waals surface area contributed by atoms with Crippen LogP contribution in [0.2, 0.25) is 0 Å². The summed E-state index contributed by atoms with van der Waals surface area (Å²) in [5.74, 6) is -0.579. The maximum Gasteiger partial charge on any atom is 0.202 e. The molecule has 0 fully saturated rings. The Kier molecular flexibility index (Phi) is 5.56. The monoisotopic (exact) mass is 418 g/mol. The lowest BCUT2D eigenvalue weighted by Crippen LogP contribution is -2.19. The number of nitrogens with one attached hydrogen (secondary N) is 1. The smallest absolute Gasteiger partial charge is 0.202 e. The molecule has 1 aromatic rings. The standard InChI is InChI=1S/C24H26N4O3/c1-27(2)11-9-14-13-25-17-6-5-16(24(31)20(14)17)22-15(10-12-28(3)4)21-18(29)7-8-19(30)23(21)26-22/h5-8,13,26H,9-12H2,1-4H3. The molecule has 1 N–H and O–H groups in total. The summed E-state index contributed by atoms with van der Waals surface area (Å²) in [5, 5.41) is 0. The molecule has 0 aromatic carbocycles. The van der Waals surface area contributed by atoms with Gasteiger partial charge in [0.25, 0.3) is 0 Å². The summed E-state index contributed by atoms with van der Waals surface area (Å²) < 4.78 is 0. The fourth-order valence-corrected chi connectivity index (χ4v) is 4.06. The largest absolute Gasteiger partial charge is 0.351 e. The number of ketones is 3. The van der Waals surface area contributed by atoms with Crippen molar-refractivity contribution < 1.29 is 14.4 Å². The van der Waals surface area contributed by atoms with Gasteiger partial charge in [0.1, 0.15) is 0 Å². The number of hydrogen-bond acceptors (Lipinski definition) is 6. The molecule has 0 atom stereocenters. The van der Waals surface area contributed by atoms with E-state index in [9.17, 15) is 14.4 Å². The van der Waals surface area contributed by atoms with E-state index in [-0.39, 0.29) is 23.0 Å². The van der Waals surface area contributed by atoms with Gasteiger partial charge in [0.15, 0.2) is 11.6 Å². The number of likely N-dealkylation sites (N-methyl/N-ethyl adjacent to an activating group) is 1. The first-order valence-corrected chi connectivity index (χ1v) is 10.3. The topological polar surface area (TPSA) is 85.8 Å². The van der Waals surface area contributed by atoms with Gasteiger partial charge >= 0.3 is 0 Å². The Bertz CT molecular complexity index is 1140. The number of rotatable bonds is 7. The van der Waals surface area contributed by atoms with E-state index >= 15 is 0 Å². The van der Waals surface area contributed by atoms with E-state index in [0.717, 1.165) is 24.1 Å². The molecule has 160 valence electrons. The Morgan fingerprint density at radius 3 is 2.26 bits per heavy atom. The van der Waals surface area contributed by atoms with Gasteiger partial charge in [-0.3, -0.25) is 19.4 Å². The molecule has 1 aliphatic heterocycles. The Balaban J connectivity index is 1.79. The van der Waals surface area contributed by atoms with Crippen LogP contribution in [-0.4, -0.2) is 79.6 Å². The van der Waals surface area contributed by atoms with Crippen molar-refractivity contribution in [3.63, 3.8) is 0 Å². The zero-order chi connectivity index (χ0) is 22.3. The number of Topliss-reactive ketones (excluding diaryl/α,β-unsaturated/α-hetero) is 1. The van der Waals surface area contributed by atoms with Gasteiger partial charge in [-0.25, -0.2) is 0 Å². The summed E-state index contributed by atoms with van der Waals surface area (Å²) in [6, 6.07) is 0. The Morgan fingerprint density at radius 2 is 1.55 bits per heavy atom. The number of carbonyl (C=O) groups is 3. The highest BCUT2D eigenvalue weighted by atomic mass is 16.1. The van der Waals surface area contributed by atoms with Crippen molar-refractivity contribution >= 4 is 29.1 Å². The number of aromatic amines is 1. The van der Waals surface area contributed by atoms with E-state index in [1.807, 2.05) is 39.2 Å². The van der Waals surface area contributed by atoms with Gasteiger partial charge in [0, 0.05) is 24.9 Å². The third kappa shape index (κ3) is 3.82. The zero-order valence-corrected chi connectivity index (χ0v) is 18.3. The summed E-state index contributed by atoms with van der Waals surface area (Å²) in [5.41, 5.74) is 4.59. The lowest BCUT2D eigenvalue weighted by Gasteiger charge is -2.17. The van der Waals surface area contributed by atoms with Crippen LogP contribution in [0.15, 0.2) is 46.1 Å². The Morgan fingerprint density at radius 1 is 0.871 bits per heavy atom. The van der Waals surface area contributed by atoms with Crippen LogP contribution in [0.3, 0.4) is 0 Å². The number of nitrogens with zero attached hydrogens (tertiary/aromatic N) is 3. The predicted molar refractivity (Wildman–Crippen MR) is 121 cm³/mol. The van der Waals surface area contributed by atoms with Crippen molar-refractivity contribution in [2.24, 2.45) is 4.99 Å². The van der Waals surface area contributed by atoms with E-state index in [1.54, 1.807) is 12.3 Å². The second-order valence-corrected chi connectivity index (χ2v) is 8.52. The number of allylic oxidation sites excluding steroid dienone is 6. The average Bonchev–Trinajstić information content (AvgIpc) is 3.30. The molecule has 0 amide bonds. The van der Waals surface area contributed by atoms with Crippen LogP contribution >= 0.6 is 0 Å². The second kappa shape index (κ2) is 8.17. The molecule has 0 saturated carbocycles. The van der Waals surface area contributed by atoms with Crippen LogP contribution in [0.25, 0.3) is 5.57 Å². The number of aromatic nitrogens is 1. The highest BCUT2D eigenvalue weighted by Gasteiger charge is 2.34. The number of H-pyrrole nitrogens is 1. The first-order valence-electron chi connectivity index (χ1n) is 10.3. The van der Waals surface area contributed by atoms with Gasteiger partial charge in [-0.2, -0.15) is 0 Å². The van der Waals surface area contributed by atoms with E-state index in [1.165, 1.54) is 12.2 Å². The molecule has 2 heterocycles. The maximum absolute atomic E-state index is 13.6. The molecule has 2 aliphatic carbocycles. The van der Waals surface area contributed by atoms with Gasteiger partial charge < -0.3 is 14.8 Å². The van der Waals surface area contributed by atoms with E-state index in [4.69, 9.17) is 0 Å². The van der Waals surface area contributed by atoms with Crippen molar-refractivity contribution in [2.75, 3.05) is 41.3 Å². The van der Waals surface area contributed by atoms with Crippen LogP contribution in [0.5, 0.6) is 0 Å². The molecule has 0 unspecified atom stereocenters. The maximum atomic E-state index is 13.6. The van der Waals surface area contributed by atoms with Crippen molar-refractivity contribution in [1.29, 1.82) is 0 Å². The highest BCUT2D eigenvalue weighted by Crippen LogP contribution is 2.37. The fourth-order valence-electron chi connectivity index (χ4n) is 4.06. The van der Waals surface area contributed by atoms with Crippen LogP contribution < -0.4 is 0 Å². The van der Waals surface area contributed by atoms with Gasteiger partial charge in [0.05, 0.1) is 28.2 Å².